The van der Waals surface area contributed by atoms with E-state index in [4.69, 9.17) is 23.7 Å². The highest BCUT2D eigenvalue weighted by Crippen LogP contribution is 2.48. The van der Waals surface area contributed by atoms with Crippen molar-refractivity contribution in [2.45, 2.75) is 106 Å². The number of sulfonamides is 1. The van der Waals surface area contributed by atoms with Crippen molar-refractivity contribution in [3.63, 3.8) is 0 Å². The number of carbonyl (C=O) groups excluding carboxylic acids is 4. The number of alkyl halides is 3. The summed E-state index contributed by atoms with van der Waals surface area (Å²) in [7, 11) is -1.16. The molecule has 2 saturated heterocycles. The van der Waals surface area contributed by atoms with Crippen molar-refractivity contribution in [3.05, 3.63) is 36.4 Å². The van der Waals surface area contributed by atoms with Gasteiger partial charge in [0, 0.05) is 23.8 Å². The standard InChI is InChI=1S/C40H50F3N5O11S/c1-22-8-6-7-9-25-18-39(25,35(51)47-60(53,54)37(3)12-13-37)46-32(49)29-17-27(58-33-28-11-10-26(55-4)15-24(28)16-30(44-33)56-5)19-48(29)34(50)31(23(2)14-22)45-36(52)59-38(20-57-21-38)40(41,42)43/h7,9-11,15-16,22-23,25,27,29,31H,6,8,12-14,17-21H2,1-5H3,(H,45,52)(H,46,49)(H,47,51)/b9-7-/t22-,23+,25+,27?,29-,31-,39+/m0/s1. The van der Waals surface area contributed by atoms with E-state index in [1.165, 1.54) is 26.0 Å². The van der Waals surface area contributed by atoms with Crippen molar-refractivity contribution in [1.29, 1.82) is 0 Å². The lowest BCUT2D eigenvalue weighted by Gasteiger charge is -2.41. The third-order valence-electron chi connectivity index (χ3n) is 12.5. The molecule has 2 aliphatic carbocycles. The average Bonchev–Trinajstić information content (AvgIpc) is 4.05. The highest BCUT2D eigenvalue weighted by atomic mass is 32.2. The highest BCUT2D eigenvalue weighted by Gasteiger charge is 2.65. The first-order valence-electron chi connectivity index (χ1n) is 19.9. The Balaban J connectivity index is 1.23. The smallest absolute Gasteiger partial charge is 0.433 e. The lowest BCUT2D eigenvalue weighted by Crippen LogP contribution is -2.65. The van der Waals surface area contributed by atoms with Crippen molar-refractivity contribution >= 4 is 44.6 Å². The molecule has 7 atom stereocenters. The monoisotopic (exact) mass is 865 g/mol. The predicted octanol–water partition coefficient (Wildman–Crippen LogP) is 3.91. The maximum atomic E-state index is 14.9. The number of carbonyl (C=O) groups is 4. The number of alkyl carbamates (subject to hydrolysis) is 1. The van der Waals surface area contributed by atoms with Gasteiger partial charge in [0.05, 0.1) is 38.7 Å². The average molecular weight is 866 g/mol. The van der Waals surface area contributed by atoms with Crippen LogP contribution in [0.15, 0.2) is 36.4 Å². The minimum absolute atomic E-state index is 0.0580. The van der Waals surface area contributed by atoms with Gasteiger partial charge in [-0.25, -0.2) is 13.2 Å². The van der Waals surface area contributed by atoms with Crippen LogP contribution in [-0.2, 0) is 33.9 Å². The maximum Gasteiger partial charge on any atom is 0.433 e. The third kappa shape index (κ3) is 8.28. The van der Waals surface area contributed by atoms with Crippen molar-refractivity contribution in [3.8, 4) is 17.5 Å². The number of nitrogens with zero attached hydrogens (tertiary/aromatic N) is 2. The molecule has 4 fully saturated rings. The fourth-order valence-electron chi connectivity index (χ4n) is 8.16. The molecule has 3 aliphatic heterocycles. The molecule has 0 spiro atoms. The van der Waals surface area contributed by atoms with E-state index in [0.717, 1.165) is 0 Å². The molecule has 7 rings (SSSR count). The summed E-state index contributed by atoms with van der Waals surface area (Å²) in [6.07, 6.45) is -1.59. The summed E-state index contributed by atoms with van der Waals surface area (Å²) in [5, 5.41) is 6.38. The summed E-state index contributed by atoms with van der Waals surface area (Å²) in [4.78, 5) is 62.3. The molecule has 60 heavy (non-hydrogen) atoms. The predicted molar refractivity (Wildman–Crippen MR) is 207 cm³/mol. The Labute approximate surface area is 345 Å². The van der Waals surface area contributed by atoms with E-state index in [0.29, 0.717) is 48.6 Å². The van der Waals surface area contributed by atoms with Gasteiger partial charge in [0.2, 0.25) is 33.6 Å². The van der Waals surface area contributed by atoms with Gasteiger partial charge in [-0.2, -0.15) is 18.2 Å². The lowest BCUT2D eigenvalue weighted by molar-refractivity contribution is -0.331. The van der Waals surface area contributed by atoms with Gasteiger partial charge >= 0.3 is 12.3 Å². The molecular formula is C40H50F3N5O11S. The molecule has 5 aliphatic rings. The second-order valence-corrected chi connectivity index (χ2v) is 19.2. The first-order chi connectivity index (χ1) is 28.2. The first kappa shape index (κ1) is 43.2. The van der Waals surface area contributed by atoms with Gasteiger partial charge in [-0.1, -0.05) is 26.0 Å². The van der Waals surface area contributed by atoms with Crippen molar-refractivity contribution in [1.82, 2.24) is 25.2 Å². The number of amides is 4. The third-order valence-corrected chi connectivity index (χ3v) is 14.6. The number of fused-ring (bicyclic) bond motifs is 3. The van der Waals surface area contributed by atoms with Crippen molar-refractivity contribution < 1.29 is 64.5 Å². The molecule has 4 amide bonds. The molecule has 1 aromatic heterocycles. The number of aromatic nitrogens is 1. The number of halogens is 3. The van der Waals surface area contributed by atoms with Gasteiger partial charge in [-0.05, 0) is 80.9 Å². The molecule has 0 bridgehead atoms. The Morgan fingerprint density at radius 3 is 2.43 bits per heavy atom. The number of hydrogen-bond donors (Lipinski definition) is 3. The second-order valence-electron chi connectivity index (χ2n) is 17.0. The summed E-state index contributed by atoms with van der Waals surface area (Å²) >= 11 is 0. The van der Waals surface area contributed by atoms with E-state index in [-0.39, 0.29) is 37.1 Å². The molecule has 328 valence electrons. The highest BCUT2D eigenvalue weighted by molar-refractivity contribution is 7.91. The van der Waals surface area contributed by atoms with Crippen LogP contribution in [0.3, 0.4) is 0 Å². The summed E-state index contributed by atoms with van der Waals surface area (Å²) in [5.74, 6) is -2.95. The fourth-order valence-corrected chi connectivity index (χ4v) is 9.47. The van der Waals surface area contributed by atoms with Gasteiger partial charge in [0.25, 0.3) is 11.5 Å². The van der Waals surface area contributed by atoms with Crippen LogP contribution in [0.25, 0.3) is 10.8 Å². The number of pyridine rings is 1. The quantitative estimate of drug-likeness (QED) is 0.308. The Hall–Kier alpha value is -4.85. The van der Waals surface area contributed by atoms with Crippen molar-refractivity contribution in [2.75, 3.05) is 34.0 Å². The summed E-state index contributed by atoms with van der Waals surface area (Å²) in [6.45, 7) is 3.07. The van der Waals surface area contributed by atoms with E-state index >= 15 is 0 Å². The van der Waals surface area contributed by atoms with Crippen LogP contribution in [0.5, 0.6) is 17.5 Å². The Morgan fingerprint density at radius 1 is 1.07 bits per heavy atom. The zero-order chi connectivity index (χ0) is 43.4. The molecule has 1 aromatic carbocycles. The van der Waals surface area contributed by atoms with E-state index < -0.39 is 99.1 Å². The van der Waals surface area contributed by atoms with Crippen LogP contribution < -0.4 is 29.6 Å². The molecule has 1 unspecified atom stereocenters. The molecule has 16 nitrogen and oxygen atoms in total. The molecule has 2 aromatic rings. The zero-order valence-corrected chi connectivity index (χ0v) is 34.7. The Morgan fingerprint density at radius 2 is 1.80 bits per heavy atom. The van der Waals surface area contributed by atoms with Crippen LogP contribution in [0.4, 0.5) is 18.0 Å². The first-order valence-corrected chi connectivity index (χ1v) is 21.4. The van der Waals surface area contributed by atoms with Gasteiger partial charge < -0.3 is 39.2 Å². The normalized spacial score (nSPS) is 30.5. The topological polar surface area (TPSA) is 201 Å². The maximum absolute atomic E-state index is 14.9. The second kappa shape index (κ2) is 15.9. The fraction of sp³-hybridized carbons (Fsp3) is 0.625. The Kier molecular flexibility index (Phi) is 11.4. The molecular weight excluding hydrogens is 816 g/mol. The molecule has 0 radical (unpaired) electrons. The van der Waals surface area contributed by atoms with Crippen molar-refractivity contribution in [2.24, 2.45) is 17.8 Å². The summed E-state index contributed by atoms with van der Waals surface area (Å²) < 4.78 is 96.4. The van der Waals surface area contributed by atoms with E-state index in [1.54, 1.807) is 37.3 Å². The van der Waals surface area contributed by atoms with Gasteiger partial charge in [0.15, 0.2) is 0 Å². The van der Waals surface area contributed by atoms with Crippen LogP contribution in [0.1, 0.15) is 65.7 Å². The lowest BCUT2D eigenvalue weighted by atomic mass is 9.88. The minimum atomic E-state index is -4.95. The van der Waals surface area contributed by atoms with Crippen LogP contribution >= 0.6 is 0 Å². The van der Waals surface area contributed by atoms with Gasteiger partial charge in [0.1, 0.15) is 29.5 Å². The number of ether oxygens (including phenoxy) is 5. The van der Waals surface area contributed by atoms with E-state index in [2.05, 4.69) is 20.3 Å². The van der Waals surface area contributed by atoms with Crippen LogP contribution in [-0.4, -0.2) is 116 Å². The number of methoxy groups -OCH3 is 2. The SMILES string of the molecule is COc1ccc2c(OC3C[C@H]4C(=O)N[C@]5(C(=O)NS(=O)(=O)C6(C)CC6)C[C@H]5/C=C\CC[C@H](C)C[C@@H](C)[C@H](NC(=O)OC5(C(F)(F)F)COC5)C(=O)N4C3)nc(OC)cc2c1. The van der Waals surface area contributed by atoms with Crippen LogP contribution in [0.2, 0.25) is 0 Å². The number of benzene rings is 1. The number of rotatable bonds is 9. The van der Waals surface area contributed by atoms with E-state index in [1.807, 2.05) is 13.0 Å². The summed E-state index contributed by atoms with van der Waals surface area (Å²) in [5.41, 5.74) is -4.56. The number of allylic oxidation sites excluding steroid dienone is 1. The summed E-state index contributed by atoms with van der Waals surface area (Å²) in [6, 6.07) is 4.00. The van der Waals surface area contributed by atoms with Gasteiger partial charge in [-0.3, -0.25) is 19.1 Å². The van der Waals surface area contributed by atoms with Crippen LogP contribution in [0, 0.1) is 17.8 Å². The number of nitrogens with one attached hydrogen (secondary N) is 3. The molecule has 20 heteroatoms. The number of hydrogen-bond acceptors (Lipinski definition) is 12. The molecule has 2 saturated carbocycles. The zero-order valence-electron chi connectivity index (χ0n) is 33.9. The van der Waals surface area contributed by atoms with E-state index in [9.17, 15) is 40.8 Å². The van der Waals surface area contributed by atoms with Gasteiger partial charge in [-0.15, -0.1) is 0 Å². The minimum Gasteiger partial charge on any atom is -0.497 e. The molecule has 4 heterocycles. The Bertz CT molecular complexity index is 2170. The molecule has 3 N–H and O–H groups in total. The largest absolute Gasteiger partial charge is 0.497 e.